The summed E-state index contributed by atoms with van der Waals surface area (Å²) in [5, 5.41) is 7.48. The van der Waals surface area contributed by atoms with Gasteiger partial charge in [-0.15, -0.1) is 11.3 Å². The Hall–Kier alpha value is -2.38. The largest absolute Gasteiger partial charge is 0.352 e. The van der Waals surface area contributed by atoms with E-state index in [1.807, 2.05) is 61.9 Å². The number of nitrogens with zero attached hydrogens (tertiary/aromatic N) is 1. The number of nitrogens with two attached hydrogens (primary N) is 1. The fourth-order valence-electron chi connectivity index (χ4n) is 2.57. The molecule has 0 aliphatic carbocycles. The van der Waals surface area contributed by atoms with Crippen LogP contribution in [0.5, 0.6) is 0 Å². The van der Waals surface area contributed by atoms with Crippen LogP contribution >= 0.6 is 11.3 Å². The number of rotatable bonds is 8. The number of likely N-dealkylation sites (N-methyl/N-ethyl adjacent to an activating group) is 1. The molecule has 134 valence electrons. The lowest BCUT2D eigenvalue weighted by molar-refractivity contribution is -0.123. The van der Waals surface area contributed by atoms with E-state index in [2.05, 4.69) is 15.5 Å². The lowest BCUT2D eigenvalue weighted by Gasteiger charge is -2.25. The highest BCUT2D eigenvalue weighted by Gasteiger charge is 2.22. The van der Waals surface area contributed by atoms with Crippen molar-refractivity contribution in [3.05, 3.63) is 58.3 Å². The number of thiophene rings is 1. The Labute approximate surface area is 152 Å². The lowest BCUT2D eigenvalue weighted by atomic mass is 10.1. The molecule has 1 aromatic heterocycles. The summed E-state index contributed by atoms with van der Waals surface area (Å²) in [6.45, 7) is 0.456. The van der Waals surface area contributed by atoms with Gasteiger partial charge in [0.15, 0.2) is 0 Å². The van der Waals surface area contributed by atoms with E-state index in [1.165, 1.54) is 4.88 Å². The molecule has 2 aromatic rings. The number of primary amides is 1. The maximum Gasteiger partial charge on any atom is 0.312 e. The molecule has 0 bridgehead atoms. The molecule has 2 rings (SSSR count). The first-order valence-electron chi connectivity index (χ1n) is 8.05. The standard InChI is InChI=1S/C18H24N4O2S/c1-22(2)15(16-9-6-10-25-16)12-20-17(23)14(21-18(19)24)11-13-7-4-3-5-8-13/h3-10,14-15H,11-12H2,1-2H3,(H,20,23)(H3,19,21,24)/t14-,15-/m0/s1. The first-order valence-corrected chi connectivity index (χ1v) is 8.92. The summed E-state index contributed by atoms with van der Waals surface area (Å²) in [5.74, 6) is -0.244. The first kappa shape index (κ1) is 19.0. The fourth-order valence-corrected chi connectivity index (χ4v) is 3.49. The van der Waals surface area contributed by atoms with Crippen LogP contribution in [-0.2, 0) is 11.2 Å². The van der Waals surface area contributed by atoms with Crippen LogP contribution in [0.2, 0.25) is 0 Å². The molecular weight excluding hydrogens is 336 g/mol. The highest BCUT2D eigenvalue weighted by atomic mass is 32.1. The molecule has 0 unspecified atom stereocenters. The summed E-state index contributed by atoms with van der Waals surface area (Å²) in [6.07, 6.45) is 0.390. The molecule has 1 heterocycles. The van der Waals surface area contributed by atoms with E-state index >= 15 is 0 Å². The Morgan fingerprint density at radius 1 is 1.16 bits per heavy atom. The van der Waals surface area contributed by atoms with Crippen LogP contribution in [0.3, 0.4) is 0 Å². The van der Waals surface area contributed by atoms with Gasteiger partial charge >= 0.3 is 6.03 Å². The third-order valence-electron chi connectivity index (χ3n) is 3.88. The number of hydrogen-bond acceptors (Lipinski definition) is 4. The average Bonchev–Trinajstić information content (AvgIpc) is 3.08. The number of amides is 3. The topological polar surface area (TPSA) is 87.5 Å². The van der Waals surface area contributed by atoms with Gasteiger partial charge in [0.05, 0.1) is 6.04 Å². The zero-order chi connectivity index (χ0) is 18.2. The van der Waals surface area contributed by atoms with E-state index in [4.69, 9.17) is 5.73 Å². The van der Waals surface area contributed by atoms with Gasteiger partial charge in [-0.05, 0) is 31.1 Å². The van der Waals surface area contributed by atoms with Gasteiger partial charge in [0, 0.05) is 17.8 Å². The van der Waals surface area contributed by atoms with Crippen molar-refractivity contribution in [2.24, 2.45) is 5.73 Å². The predicted octanol–water partition coefficient (Wildman–Crippen LogP) is 1.75. The minimum absolute atomic E-state index is 0.0786. The molecule has 4 N–H and O–H groups in total. The third-order valence-corrected chi connectivity index (χ3v) is 4.85. The molecule has 7 heteroatoms. The molecule has 0 radical (unpaired) electrons. The number of carbonyl (C=O) groups excluding carboxylic acids is 2. The van der Waals surface area contributed by atoms with Gasteiger partial charge in [0.1, 0.15) is 6.04 Å². The van der Waals surface area contributed by atoms with Crippen LogP contribution < -0.4 is 16.4 Å². The first-order chi connectivity index (χ1) is 12.0. The highest BCUT2D eigenvalue weighted by Crippen LogP contribution is 2.22. The van der Waals surface area contributed by atoms with Crippen molar-refractivity contribution in [1.82, 2.24) is 15.5 Å². The number of urea groups is 1. The van der Waals surface area contributed by atoms with E-state index in [0.29, 0.717) is 13.0 Å². The van der Waals surface area contributed by atoms with E-state index in [9.17, 15) is 9.59 Å². The second kappa shape index (κ2) is 9.19. The van der Waals surface area contributed by atoms with Crippen LogP contribution in [-0.4, -0.2) is 43.5 Å². The van der Waals surface area contributed by atoms with Crippen molar-refractivity contribution < 1.29 is 9.59 Å². The summed E-state index contributed by atoms with van der Waals surface area (Å²) in [6, 6.07) is 12.2. The van der Waals surface area contributed by atoms with Gasteiger partial charge in [-0.1, -0.05) is 36.4 Å². The normalized spacial score (nSPS) is 13.2. The van der Waals surface area contributed by atoms with Crippen LogP contribution in [0.1, 0.15) is 16.5 Å². The zero-order valence-electron chi connectivity index (χ0n) is 14.4. The summed E-state index contributed by atoms with van der Waals surface area (Å²) in [5.41, 5.74) is 6.19. The van der Waals surface area contributed by atoms with Gasteiger partial charge < -0.3 is 21.3 Å². The highest BCUT2D eigenvalue weighted by molar-refractivity contribution is 7.10. The van der Waals surface area contributed by atoms with Gasteiger partial charge in [0.25, 0.3) is 0 Å². The Kier molecular flexibility index (Phi) is 6.97. The quantitative estimate of drug-likeness (QED) is 0.670. The molecule has 0 saturated carbocycles. The Balaban J connectivity index is 2.01. The zero-order valence-corrected chi connectivity index (χ0v) is 15.3. The van der Waals surface area contributed by atoms with E-state index in [0.717, 1.165) is 5.56 Å². The van der Waals surface area contributed by atoms with Crippen LogP contribution in [0, 0.1) is 0 Å². The van der Waals surface area contributed by atoms with Crippen molar-refractivity contribution in [1.29, 1.82) is 0 Å². The summed E-state index contributed by atoms with van der Waals surface area (Å²) < 4.78 is 0. The second-order valence-electron chi connectivity index (χ2n) is 5.99. The maximum absolute atomic E-state index is 12.6. The second-order valence-corrected chi connectivity index (χ2v) is 6.97. The number of nitrogens with one attached hydrogen (secondary N) is 2. The summed E-state index contributed by atoms with van der Waals surface area (Å²) >= 11 is 1.65. The molecule has 25 heavy (non-hydrogen) atoms. The molecule has 0 fully saturated rings. The SMILES string of the molecule is CN(C)[C@@H](CNC(=O)[C@H](Cc1ccccc1)NC(N)=O)c1cccs1. The fraction of sp³-hybridized carbons (Fsp3) is 0.333. The molecule has 1 aromatic carbocycles. The van der Waals surface area contributed by atoms with Gasteiger partial charge in [-0.25, -0.2) is 4.79 Å². The molecule has 0 aliphatic heterocycles. The maximum atomic E-state index is 12.6. The molecule has 2 atom stereocenters. The molecule has 0 saturated heterocycles. The van der Waals surface area contributed by atoms with Crippen molar-refractivity contribution in [2.45, 2.75) is 18.5 Å². The van der Waals surface area contributed by atoms with Crippen molar-refractivity contribution in [2.75, 3.05) is 20.6 Å². The molecule has 0 aliphatic rings. The van der Waals surface area contributed by atoms with Crippen molar-refractivity contribution in [3.63, 3.8) is 0 Å². The number of benzene rings is 1. The van der Waals surface area contributed by atoms with Crippen molar-refractivity contribution >= 4 is 23.3 Å². The molecule has 6 nitrogen and oxygen atoms in total. The van der Waals surface area contributed by atoms with Gasteiger partial charge in [0.2, 0.25) is 5.91 Å². The minimum atomic E-state index is -0.710. The predicted molar refractivity (Wildman–Crippen MR) is 100 cm³/mol. The van der Waals surface area contributed by atoms with Crippen LogP contribution in [0.15, 0.2) is 47.8 Å². The molecular formula is C18H24N4O2S. The lowest BCUT2D eigenvalue weighted by Crippen LogP contribution is -2.50. The van der Waals surface area contributed by atoms with E-state index in [1.54, 1.807) is 11.3 Å². The van der Waals surface area contributed by atoms with Crippen LogP contribution in [0.4, 0.5) is 4.79 Å². The number of carbonyl (C=O) groups is 2. The number of hydrogen-bond donors (Lipinski definition) is 3. The van der Waals surface area contributed by atoms with E-state index < -0.39 is 12.1 Å². The molecule has 3 amide bonds. The third kappa shape index (κ3) is 5.88. The monoisotopic (exact) mass is 360 g/mol. The smallest absolute Gasteiger partial charge is 0.312 e. The Bertz CT molecular complexity index is 674. The Morgan fingerprint density at radius 2 is 1.88 bits per heavy atom. The Morgan fingerprint density at radius 3 is 2.44 bits per heavy atom. The van der Waals surface area contributed by atoms with Crippen molar-refractivity contribution in [3.8, 4) is 0 Å². The van der Waals surface area contributed by atoms with E-state index in [-0.39, 0.29) is 11.9 Å². The van der Waals surface area contributed by atoms with Crippen LogP contribution in [0.25, 0.3) is 0 Å². The van der Waals surface area contributed by atoms with Gasteiger partial charge in [-0.2, -0.15) is 0 Å². The average molecular weight is 360 g/mol. The summed E-state index contributed by atoms with van der Waals surface area (Å²) in [4.78, 5) is 27.1. The van der Waals surface area contributed by atoms with Gasteiger partial charge in [-0.3, -0.25) is 4.79 Å². The summed E-state index contributed by atoms with van der Waals surface area (Å²) in [7, 11) is 3.94. The molecule has 0 spiro atoms. The minimum Gasteiger partial charge on any atom is -0.352 e.